The zero-order valence-corrected chi connectivity index (χ0v) is 11.0. The number of aromatic nitrogens is 2. The van der Waals surface area contributed by atoms with E-state index >= 15 is 0 Å². The molecular weight excluding hydrogens is 278 g/mol. The Balaban J connectivity index is 2.45. The second-order valence-electron chi connectivity index (χ2n) is 4.55. The largest absolute Gasteiger partial charge is 0.478 e. The Morgan fingerprint density at radius 2 is 1.90 bits per heavy atom. The molecule has 2 aromatic carbocycles. The molecule has 0 spiro atoms. The highest BCUT2D eigenvalue weighted by atomic mass is 19.2. The molecule has 0 radical (unpaired) electrons. The summed E-state index contributed by atoms with van der Waals surface area (Å²) in [5, 5.41) is 9.28. The molecule has 3 rings (SSSR count). The van der Waals surface area contributed by atoms with Crippen LogP contribution in [-0.2, 0) is 0 Å². The molecule has 6 heteroatoms. The monoisotopic (exact) mass is 288 g/mol. The van der Waals surface area contributed by atoms with Crippen molar-refractivity contribution in [3.05, 3.63) is 59.4 Å². The number of carboxylic acid groups (broad SMARTS) is 1. The number of nitrogens with zero attached hydrogens (tertiary/aromatic N) is 2. The van der Waals surface area contributed by atoms with Gasteiger partial charge in [0, 0.05) is 0 Å². The van der Waals surface area contributed by atoms with Crippen molar-refractivity contribution in [3.8, 4) is 5.69 Å². The number of hydrogen-bond acceptors (Lipinski definition) is 2. The molecule has 4 nitrogen and oxygen atoms in total. The van der Waals surface area contributed by atoms with Crippen LogP contribution in [0.2, 0.25) is 0 Å². The predicted octanol–water partition coefficient (Wildman–Crippen LogP) is 3.31. The van der Waals surface area contributed by atoms with Gasteiger partial charge in [0.15, 0.2) is 11.6 Å². The standard InChI is InChI=1S/C15H10F2N2O2/c1-8-18-11-6-2-4-9(15(20)21)14(11)19(8)12-7-3-5-10(16)13(12)17/h2-7H,1H3,(H,20,21). The molecule has 0 amide bonds. The Morgan fingerprint density at radius 3 is 2.62 bits per heavy atom. The first-order valence-electron chi connectivity index (χ1n) is 6.16. The average Bonchev–Trinajstić information content (AvgIpc) is 2.77. The molecule has 21 heavy (non-hydrogen) atoms. The van der Waals surface area contributed by atoms with Crippen LogP contribution in [0.4, 0.5) is 8.78 Å². The average molecular weight is 288 g/mol. The van der Waals surface area contributed by atoms with E-state index in [-0.39, 0.29) is 16.8 Å². The number of hydrogen-bond donors (Lipinski definition) is 1. The number of aryl methyl sites for hydroxylation is 1. The zero-order valence-electron chi connectivity index (χ0n) is 11.0. The van der Waals surface area contributed by atoms with E-state index in [0.717, 1.165) is 6.07 Å². The SMILES string of the molecule is Cc1nc2cccc(C(=O)O)c2n1-c1cccc(F)c1F. The minimum absolute atomic E-state index is 0.0169. The maximum absolute atomic E-state index is 14.0. The first-order chi connectivity index (χ1) is 10.0. The third-order valence-corrected chi connectivity index (χ3v) is 3.25. The van der Waals surface area contributed by atoms with Crippen LogP contribution in [0.3, 0.4) is 0 Å². The van der Waals surface area contributed by atoms with Gasteiger partial charge < -0.3 is 5.11 Å². The third-order valence-electron chi connectivity index (χ3n) is 3.25. The molecule has 0 bridgehead atoms. The van der Waals surface area contributed by atoms with Gasteiger partial charge in [0.05, 0.1) is 22.3 Å². The number of rotatable bonds is 2. The van der Waals surface area contributed by atoms with Crippen LogP contribution in [0.1, 0.15) is 16.2 Å². The summed E-state index contributed by atoms with van der Waals surface area (Å²) in [5.41, 5.74) is 0.573. The number of benzene rings is 2. The molecule has 0 aliphatic heterocycles. The predicted molar refractivity (Wildman–Crippen MR) is 72.7 cm³/mol. The van der Waals surface area contributed by atoms with Crippen LogP contribution >= 0.6 is 0 Å². The van der Waals surface area contributed by atoms with E-state index in [1.165, 1.54) is 22.8 Å². The highest BCUT2D eigenvalue weighted by Crippen LogP contribution is 2.26. The number of para-hydroxylation sites is 1. The van der Waals surface area contributed by atoms with Crippen LogP contribution in [0.25, 0.3) is 16.7 Å². The maximum Gasteiger partial charge on any atom is 0.337 e. The lowest BCUT2D eigenvalue weighted by molar-refractivity contribution is 0.0698. The van der Waals surface area contributed by atoms with Crippen LogP contribution in [-0.4, -0.2) is 20.6 Å². The van der Waals surface area contributed by atoms with Gasteiger partial charge in [-0.1, -0.05) is 12.1 Å². The summed E-state index contributed by atoms with van der Waals surface area (Å²) >= 11 is 0. The normalized spacial score (nSPS) is 11.0. The minimum Gasteiger partial charge on any atom is -0.478 e. The Labute approximate surface area is 118 Å². The Bertz CT molecular complexity index is 871. The molecule has 106 valence electrons. The van der Waals surface area contributed by atoms with Crippen LogP contribution in [0.5, 0.6) is 0 Å². The fourth-order valence-electron chi connectivity index (χ4n) is 2.38. The summed E-state index contributed by atoms with van der Waals surface area (Å²) in [6, 6.07) is 8.34. The number of carboxylic acids is 1. The van der Waals surface area contributed by atoms with Crippen LogP contribution < -0.4 is 0 Å². The van der Waals surface area contributed by atoms with Crippen molar-refractivity contribution in [3.63, 3.8) is 0 Å². The van der Waals surface area contributed by atoms with Crippen LogP contribution in [0, 0.1) is 18.6 Å². The molecule has 3 aromatic rings. The van der Waals surface area contributed by atoms with Gasteiger partial charge in [-0.25, -0.2) is 18.6 Å². The van der Waals surface area contributed by atoms with Gasteiger partial charge in [-0.05, 0) is 31.2 Å². The van der Waals surface area contributed by atoms with Crippen molar-refractivity contribution in [2.24, 2.45) is 0 Å². The van der Waals surface area contributed by atoms with E-state index in [9.17, 15) is 18.7 Å². The zero-order chi connectivity index (χ0) is 15.1. The lowest BCUT2D eigenvalue weighted by Gasteiger charge is -2.10. The van der Waals surface area contributed by atoms with E-state index in [4.69, 9.17) is 0 Å². The van der Waals surface area contributed by atoms with E-state index < -0.39 is 17.6 Å². The highest BCUT2D eigenvalue weighted by molar-refractivity contribution is 6.01. The van der Waals surface area contributed by atoms with Gasteiger partial charge in [-0.2, -0.15) is 0 Å². The van der Waals surface area contributed by atoms with Crippen molar-refractivity contribution >= 4 is 17.0 Å². The van der Waals surface area contributed by atoms with E-state index in [0.29, 0.717) is 11.3 Å². The van der Waals surface area contributed by atoms with Gasteiger partial charge in [-0.3, -0.25) is 4.57 Å². The lowest BCUT2D eigenvalue weighted by atomic mass is 10.1. The smallest absolute Gasteiger partial charge is 0.337 e. The summed E-state index contributed by atoms with van der Waals surface area (Å²) in [7, 11) is 0. The number of carbonyl (C=O) groups is 1. The van der Waals surface area contributed by atoms with Crippen molar-refractivity contribution in [1.82, 2.24) is 9.55 Å². The first kappa shape index (κ1) is 13.2. The summed E-state index contributed by atoms with van der Waals surface area (Å²) in [5.74, 6) is -2.82. The van der Waals surface area contributed by atoms with Crippen molar-refractivity contribution in [1.29, 1.82) is 0 Å². The molecule has 0 saturated heterocycles. The van der Waals surface area contributed by atoms with Gasteiger partial charge in [0.1, 0.15) is 5.82 Å². The summed E-state index contributed by atoms with van der Waals surface area (Å²) in [6.07, 6.45) is 0. The molecule has 0 unspecified atom stereocenters. The molecule has 0 aliphatic rings. The molecule has 1 N–H and O–H groups in total. The van der Waals surface area contributed by atoms with E-state index in [1.54, 1.807) is 19.1 Å². The topological polar surface area (TPSA) is 55.1 Å². The van der Waals surface area contributed by atoms with Crippen molar-refractivity contribution < 1.29 is 18.7 Å². The highest BCUT2D eigenvalue weighted by Gasteiger charge is 2.19. The van der Waals surface area contributed by atoms with Gasteiger partial charge >= 0.3 is 5.97 Å². The van der Waals surface area contributed by atoms with Gasteiger partial charge in [-0.15, -0.1) is 0 Å². The quantitative estimate of drug-likeness (QED) is 0.787. The lowest BCUT2D eigenvalue weighted by Crippen LogP contribution is -2.06. The minimum atomic E-state index is -1.15. The van der Waals surface area contributed by atoms with E-state index in [1.807, 2.05) is 0 Å². The molecule has 0 atom stereocenters. The molecule has 1 heterocycles. The second kappa shape index (κ2) is 4.66. The Morgan fingerprint density at radius 1 is 1.19 bits per heavy atom. The van der Waals surface area contributed by atoms with Crippen molar-refractivity contribution in [2.45, 2.75) is 6.92 Å². The van der Waals surface area contributed by atoms with Gasteiger partial charge in [0.2, 0.25) is 0 Å². The summed E-state index contributed by atoms with van der Waals surface area (Å²) in [4.78, 5) is 15.6. The maximum atomic E-state index is 14.0. The molecule has 1 aromatic heterocycles. The molecular formula is C15H10F2N2O2. The third kappa shape index (κ3) is 1.96. The van der Waals surface area contributed by atoms with Crippen molar-refractivity contribution in [2.75, 3.05) is 0 Å². The molecule has 0 saturated carbocycles. The number of halogens is 2. The van der Waals surface area contributed by atoms with Gasteiger partial charge in [0.25, 0.3) is 0 Å². The second-order valence-corrected chi connectivity index (χ2v) is 4.55. The fraction of sp³-hybridized carbons (Fsp3) is 0.0667. The number of aromatic carboxylic acids is 1. The number of imidazole rings is 1. The van der Waals surface area contributed by atoms with E-state index in [2.05, 4.69) is 4.98 Å². The van der Waals surface area contributed by atoms with Crippen LogP contribution in [0.15, 0.2) is 36.4 Å². The Kier molecular flexibility index (Phi) is 2.94. The number of fused-ring (bicyclic) bond motifs is 1. The first-order valence-corrected chi connectivity index (χ1v) is 6.16. The summed E-state index contributed by atoms with van der Waals surface area (Å²) < 4.78 is 28.8. The Hall–Kier alpha value is -2.76. The molecule has 0 aliphatic carbocycles. The molecule has 0 fully saturated rings. The summed E-state index contributed by atoms with van der Waals surface area (Å²) in [6.45, 7) is 1.61. The fourth-order valence-corrected chi connectivity index (χ4v) is 2.38.